The number of nitrogens with two attached hydrogens (primary N) is 1. The zero-order valence-electron chi connectivity index (χ0n) is 19.4. The molecule has 0 unspecified atom stereocenters. The summed E-state index contributed by atoms with van der Waals surface area (Å²) in [6.07, 6.45) is 3.64. The van der Waals surface area contributed by atoms with Crippen molar-refractivity contribution in [1.82, 2.24) is 14.9 Å². The van der Waals surface area contributed by atoms with E-state index in [1.54, 1.807) is 32.0 Å². The highest BCUT2D eigenvalue weighted by atomic mass is 32.2. The van der Waals surface area contributed by atoms with Gasteiger partial charge in [0.15, 0.2) is 0 Å². The number of aryl methyl sites for hydroxylation is 2. The van der Waals surface area contributed by atoms with Crippen molar-refractivity contribution in [1.29, 1.82) is 0 Å². The summed E-state index contributed by atoms with van der Waals surface area (Å²) in [6.45, 7) is 7.60. The second-order valence-corrected chi connectivity index (χ2v) is 11.3. The molecule has 0 aliphatic heterocycles. The van der Waals surface area contributed by atoms with Gasteiger partial charge in [-0.15, -0.1) is 0 Å². The van der Waals surface area contributed by atoms with Crippen molar-refractivity contribution in [3.63, 3.8) is 0 Å². The molecular weight excluding hydrogens is 442 g/mol. The van der Waals surface area contributed by atoms with Crippen LogP contribution in [0.4, 0.5) is 5.69 Å². The summed E-state index contributed by atoms with van der Waals surface area (Å²) >= 11 is 0. The van der Waals surface area contributed by atoms with Gasteiger partial charge in [-0.3, -0.25) is 4.79 Å². The van der Waals surface area contributed by atoms with Crippen LogP contribution >= 0.6 is 0 Å². The number of aromatic amines is 1. The van der Waals surface area contributed by atoms with Crippen LogP contribution in [0.5, 0.6) is 0 Å². The summed E-state index contributed by atoms with van der Waals surface area (Å²) in [5, 5.41) is 7.47. The van der Waals surface area contributed by atoms with Crippen LogP contribution in [-0.2, 0) is 10.0 Å². The lowest BCUT2D eigenvalue weighted by Gasteiger charge is -2.20. The predicted molar refractivity (Wildman–Crippen MR) is 129 cm³/mol. The second kappa shape index (κ2) is 8.58. The third-order valence-corrected chi connectivity index (χ3v) is 7.51. The number of sulfonamides is 1. The van der Waals surface area contributed by atoms with Crippen LogP contribution in [0.2, 0.25) is 0 Å². The van der Waals surface area contributed by atoms with Crippen LogP contribution in [0.1, 0.15) is 51.0 Å². The SMILES string of the molecule is Cc1noc(C)c1-c1cc(S(=O)(=O)NC2CCCC2)c2cc(NCC(C)(C)N)c(=O)[nH]c2c1. The minimum absolute atomic E-state index is 0.0915. The summed E-state index contributed by atoms with van der Waals surface area (Å²) in [5.74, 6) is 0.574. The zero-order valence-corrected chi connectivity index (χ0v) is 20.2. The summed E-state index contributed by atoms with van der Waals surface area (Å²) < 4.78 is 35.2. The Bertz CT molecular complexity index is 1330. The van der Waals surface area contributed by atoms with E-state index in [-0.39, 0.29) is 22.2 Å². The van der Waals surface area contributed by atoms with E-state index in [1.807, 2.05) is 13.8 Å². The molecule has 9 nitrogen and oxygen atoms in total. The van der Waals surface area contributed by atoms with Gasteiger partial charge in [-0.1, -0.05) is 18.0 Å². The Morgan fingerprint density at radius 2 is 1.91 bits per heavy atom. The van der Waals surface area contributed by atoms with E-state index < -0.39 is 15.6 Å². The fourth-order valence-corrected chi connectivity index (χ4v) is 5.86. The molecule has 0 radical (unpaired) electrons. The Labute approximate surface area is 193 Å². The van der Waals surface area contributed by atoms with Crippen LogP contribution in [0.3, 0.4) is 0 Å². The number of rotatable bonds is 7. The van der Waals surface area contributed by atoms with Gasteiger partial charge in [0.1, 0.15) is 11.4 Å². The number of hydrogen-bond donors (Lipinski definition) is 4. The molecule has 10 heteroatoms. The second-order valence-electron chi connectivity index (χ2n) is 9.59. The van der Waals surface area contributed by atoms with E-state index >= 15 is 0 Å². The van der Waals surface area contributed by atoms with Crippen molar-refractivity contribution in [2.45, 2.75) is 69.9 Å². The van der Waals surface area contributed by atoms with E-state index in [2.05, 4.69) is 20.2 Å². The monoisotopic (exact) mass is 473 g/mol. The minimum atomic E-state index is -3.86. The van der Waals surface area contributed by atoms with Gasteiger partial charge in [0.25, 0.3) is 5.56 Å². The van der Waals surface area contributed by atoms with Crippen LogP contribution in [-0.4, -0.2) is 36.7 Å². The number of H-pyrrole nitrogens is 1. The van der Waals surface area contributed by atoms with E-state index in [1.165, 1.54) is 0 Å². The summed E-state index contributed by atoms with van der Waals surface area (Å²) in [5.41, 5.74) is 7.80. The first-order chi connectivity index (χ1) is 15.4. The Kier molecular flexibility index (Phi) is 6.10. The van der Waals surface area contributed by atoms with E-state index in [0.29, 0.717) is 40.0 Å². The number of fused-ring (bicyclic) bond motifs is 1. The Hall–Kier alpha value is -2.69. The molecule has 0 atom stereocenters. The molecule has 4 rings (SSSR count). The largest absolute Gasteiger partial charge is 0.379 e. The minimum Gasteiger partial charge on any atom is -0.379 e. The fraction of sp³-hybridized carbons (Fsp3) is 0.478. The van der Waals surface area contributed by atoms with Crippen molar-refractivity contribution in [3.8, 4) is 11.1 Å². The summed E-state index contributed by atoms with van der Waals surface area (Å²) in [7, 11) is -3.86. The molecule has 0 amide bonds. The molecule has 1 aliphatic carbocycles. The quantitative estimate of drug-likeness (QED) is 0.413. The maximum Gasteiger partial charge on any atom is 0.271 e. The lowest BCUT2D eigenvalue weighted by atomic mass is 10.0. The average molecular weight is 474 g/mol. The molecule has 0 saturated heterocycles. The first-order valence-corrected chi connectivity index (χ1v) is 12.6. The highest BCUT2D eigenvalue weighted by Gasteiger charge is 2.27. The number of hydrogen-bond acceptors (Lipinski definition) is 7. The van der Waals surface area contributed by atoms with Gasteiger partial charge in [-0.05, 0) is 64.3 Å². The summed E-state index contributed by atoms with van der Waals surface area (Å²) in [4.78, 5) is 15.7. The van der Waals surface area contributed by atoms with Gasteiger partial charge < -0.3 is 20.6 Å². The van der Waals surface area contributed by atoms with Gasteiger partial charge in [0, 0.05) is 29.1 Å². The topological polar surface area (TPSA) is 143 Å². The highest BCUT2D eigenvalue weighted by molar-refractivity contribution is 7.89. The van der Waals surface area contributed by atoms with Gasteiger partial charge in [-0.2, -0.15) is 0 Å². The average Bonchev–Trinajstić information content (AvgIpc) is 3.33. The third kappa shape index (κ3) is 4.97. The molecule has 5 N–H and O–H groups in total. The predicted octanol–water partition coefficient (Wildman–Crippen LogP) is 3.17. The van der Waals surface area contributed by atoms with Gasteiger partial charge >= 0.3 is 0 Å². The van der Waals surface area contributed by atoms with Crippen LogP contribution in [0.25, 0.3) is 22.0 Å². The molecular formula is C23H31N5O4S. The van der Waals surface area contributed by atoms with Crippen molar-refractivity contribution >= 4 is 26.6 Å². The van der Waals surface area contributed by atoms with Gasteiger partial charge in [0.2, 0.25) is 10.0 Å². The van der Waals surface area contributed by atoms with E-state index in [0.717, 1.165) is 25.7 Å². The van der Waals surface area contributed by atoms with Crippen molar-refractivity contribution in [2.75, 3.05) is 11.9 Å². The molecule has 1 saturated carbocycles. The molecule has 0 bridgehead atoms. The normalized spacial score (nSPS) is 15.4. The Morgan fingerprint density at radius 3 is 2.52 bits per heavy atom. The van der Waals surface area contributed by atoms with E-state index in [4.69, 9.17) is 10.3 Å². The van der Waals surface area contributed by atoms with Crippen LogP contribution in [0, 0.1) is 13.8 Å². The molecule has 1 aromatic carbocycles. The lowest BCUT2D eigenvalue weighted by Crippen LogP contribution is -2.40. The maximum absolute atomic E-state index is 13.5. The van der Waals surface area contributed by atoms with Crippen LogP contribution in [0.15, 0.2) is 32.4 Å². The number of nitrogens with one attached hydrogen (secondary N) is 3. The molecule has 0 spiro atoms. The van der Waals surface area contributed by atoms with Crippen molar-refractivity contribution in [2.24, 2.45) is 5.73 Å². The highest BCUT2D eigenvalue weighted by Crippen LogP contribution is 2.34. The number of benzene rings is 1. The number of nitrogens with zero attached hydrogens (tertiary/aromatic N) is 1. The molecule has 2 aromatic heterocycles. The first kappa shape index (κ1) is 23.5. The number of pyridine rings is 1. The standard InChI is InChI=1S/C23H31N5O4S/c1-13-21(14(2)32-27-13)15-9-18-17(11-19(22(29)26-18)25-12-23(3,4)24)20(10-15)33(30,31)28-16-7-5-6-8-16/h9-11,16,25,28H,5-8,12,24H2,1-4H3,(H,26,29). The Morgan fingerprint density at radius 1 is 1.21 bits per heavy atom. The molecule has 33 heavy (non-hydrogen) atoms. The first-order valence-electron chi connectivity index (χ1n) is 11.1. The van der Waals surface area contributed by atoms with Gasteiger partial charge in [-0.25, -0.2) is 13.1 Å². The molecule has 1 fully saturated rings. The number of anilines is 1. The van der Waals surface area contributed by atoms with Crippen molar-refractivity contribution < 1.29 is 12.9 Å². The van der Waals surface area contributed by atoms with Gasteiger partial charge in [0.05, 0.1) is 16.1 Å². The number of aromatic nitrogens is 2. The van der Waals surface area contributed by atoms with Crippen molar-refractivity contribution in [3.05, 3.63) is 40.0 Å². The molecule has 178 valence electrons. The van der Waals surface area contributed by atoms with E-state index in [9.17, 15) is 13.2 Å². The smallest absolute Gasteiger partial charge is 0.271 e. The fourth-order valence-electron chi connectivity index (χ4n) is 4.32. The molecule has 2 heterocycles. The van der Waals surface area contributed by atoms with Crippen LogP contribution < -0.4 is 21.3 Å². The Balaban J connectivity index is 1.91. The summed E-state index contributed by atoms with van der Waals surface area (Å²) in [6, 6.07) is 4.88. The maximum atomic E-state index is 13.5. The molecule has 1 aliphatic rings. The lowest BCUT2D eigenvalue weighted by molar-refractivity contribution is 0.393. The zero-order chi connectivity index (χ0) is 24.0. The third-order valence-electron chi connectivity index (χ3n) is 5.95. The molecule has 3 aromatic rings.